The van der Waals surface area contributed by atoms with Gasteiger partial charge < -0.3 is 10.1 Å². The molecule has 0 aliphatic carbocycles. The number of aromatic nitrogens is 2. The van der Waals surface area contributed by atoms with E-state index in [2.05, 4.69) is 15.3 Å². The number of carbonyl (C=O) groups excluding carboxylic acids is 2. The highest BCUT2D eigenvalue weighted by atomic mass is 19.2. The molecule has 0 atom stereocenters. The number of carbonyl (C=O) groups is 2. The van der Waals surface area contributed by atoms with E-state index >= 15 is 0 Å². The van der Waals surface area contributed by atoms with Gasteiger partial charge in [-0.15, -0.1) is 0 Å². The number of benzene rings is 2. The van der Waals surface area contributed by atoms with Gasteiger partial charge in [-0.05, 0) is 30.3 Å². The van der Waals surface area contributed by atoms with Crippen LogP contribution in [0.2, 0.25) is 0 Å². The number of ether oxygens (including phenoxy) is 1. The standard InChI is InChI=1S/C17H11F2N3O3/c18-12-3-2-11(8-13(12)19)22-16(23)9-25-17(24)10-1-4-14-15(7-10)21-6-5-20-14/h1-8H,9H2,(H,22,23). The Morgan fingerprint density at radius 3 is 2.48 bits per heavy atom. The van der Waals surface area contributed by atoms with Crippen LogP contribution in [0.25, 0.3) is 11.0 Å². The summed E-state index contributed by atoms with van der Waals surface area (Å²) >= 11 is 0. The van der Waals surface area contributed by atoms with Crippen LogP contribution in [0, 0.1) is 11.6 Å². The number of nitrogens with zero attached hydrogens (tertiary/aromatic N) is 2. The molecule has 3 aromatic rings. The van der Waals surface area contributed by atoms with E-state index < -0.39 is 30.1 Å². The lowest BCUT2D eigenvalue weighted by Crippen LogP contribution is -2.21. The molecule has 1 aromatic heterocycles. The molecule has 2 aromatic carbocycles. The second kappa shape index (κ2) is 7.00. The van der Waals surface area contributed by atoms with E-state index in [-0.39, 0.29) is 11.3 Å². The molecular weight excluding hydrogens is 332 g/mol. The van der Waals surface area contributed by atoms with E-state index in [4.69, 9.17) is 4.74 Å². The zero-order valence-electron chi connectivity index (χ0n) is 12.7. The van der Waals surface area contributed by atoms with E-state index in [9.17, 15) is 18.4 Å². The van der Waals surface area contributed by atoms with Crippen LogP contribution in [0.5, 0.6) is 0 Å². The van der Waals surface area contributed by atoms with Crippen LogP contribution in [0.3, 0.4) is 0 Å². The molecule has 0 spiro atoms. The van der Waals surface area contributed by atoms with Gasteiger partial charge >= 0.3 is 5.97 Å². The quantitative estimate of drug-likeness (QED) is 0.737. The van der Waals surface area contributed by atoms with Crippen LogP contribution in [0.15, 0.2) is 48.8 Å². The first-order valence-electron chi connectivity index (χ1n) is 7.16. The van der Waals surface area contributed by atoms with Crippen molar-refractivity contribution < 1.29 is 23.1 Å². The van der Waals surface area contributed by atoms with Crippen LogP contribution < -0.4 is 5.32 Å². The number of amides is 1. The van der Waals surface area contributed by atoms with E-state index in [1.165, 1.54) is 30.6 Å². The zero-order valence-corrected chi connectivity index (χ0v) is 12.7. The number of hydrogen-bond donors (Lipinski definition) is 1. The highest BCUT2D eigenvalue weighted by Gasteiger charge is 2.12. The van der Waals surface area contributed by atoms with Crippen molar-refractivity contribution in [1.82, 2.24) is 9.97 Å². The molecule has 0 aliphatic heterocycles. The lowest BCUT2D eigenvalue weighted by atomic mass is 10.2. The molecule has 6 nitrogen and oxygen atoms in total. The first kappa shape index (κ1) is 16.4. The molecule has 0 unspecified atom stereocenters. The Morgan fingerprint density at radius 2 is 1.72 bits per heavy atom. The fraction of sp³-hybridized carbons (Fsp3) is 0.0588. The van der Waals surface area contributed by atoms with Crippen molar-refractivity contribution in [3.63, 3.8) is 0 Å². The summed E-state index contributed by atoms with van der Waals surface area (Å²) in [5, 5.41) is 2.30. The average Bonchev–Trinajstić information content (AvgIpc) is 2.62. The van der Waals surface area contributed by atoms with Gasteiger partial charge in [0, 0.05) is 24.1 Å². The monoisotopic (exact) mass is 343 g/mol. The van der Waals surface area contributed by atoms with Gasteiger partial charge in [-0.2, -0.15) is 0 Å². The second-order valence-electron chi connectivity index (χ2n) is 5.01. The molecule has 0 bridgehead atoms. The molecule has 0 radical (unpaired) electrons. The van der Waals surface area contributed by atoms with Crippen molar-refractivity contribution >= 4 is 28.6 Å². The highest BCUT2D eigenvalue weighted by molar-refractivity contribution is 5.97. The molecule has 25 heavy (non-hydrogen) atoms. The van der Waals surface area contributed by atoms with E-state index in [1.54, 1.807) is 6.07 Å². The van der Waals surface area contributed by atoms with Crippen LogP contribution in [-0.2, 0) is 9.53 Å². The molecule has 0 fully saturated rings. The smallest absolute Gasteiger partial charge is 0.338 e. The van der Waals surface area contributed by atoms with Gasteiger partial charge in [0.1, 0.15) is 0 Å². The molecule has 1 heterocycles. The number of fused-ring (bicyclic) bond motifs is 1. The summed E-state index contributed by atoms with van der Waals surface area (Å²) < 4.78 is 30.8. The summed E-state index contributed by atoms with van der Waals surface area (Å²) in [6.45, 7) is -0.573. The fourth-order valence-corrected chi connectivity index (χ4v) is 2.08. The predicted octanol–water partition coefficient (Wildman–Crippen LogP) is 2.70. The molecule has 0 saturated carbocycles. The van der Waals surface area contributed by atoms with E-state index in [0.29, 0.717) is 11.0 Å². The molecular formula is C17H11F2N3O3. The molecule has 126 valence electrons. The van der Waals surface area contributed by atoms with E-state index in [1.807, 2.05) is 0 Å². The molecule has 0 saturated heterocycles. The molecule has 8 heteroatoms. The Kier molecular flexibility index (Phi) is 4.60. The van der Waals surface area contributed by atoms with Crippen LogP contribution >= 0.6 is 0 Å². The minimum atomic E-state index is -1.09. The molecule has 3 rings (SSSR count). The lowest BCUT2D eigenvalue weighted by molar-refractivity contribution is -0.119. The molecule has 1 amide bonds. The highest BCUT2D eigenvalue weighted by Crippen LogP contribution is 2.14. The van der Waals surface area contributed by atoms with Gasteiger partial charge in [0.05, 0.1) is 16.6 Å². The third-order valence-electron chi connectivity index (χ3n) is 3.24. The number of esters is 1. The van der Waals surface area contributed by atoms with Gasteiger partial charge in [-0.25, -0.2) is 13.6 Å². The van der Waals surface area contributed by atoms with Gasteiger partial charge in [-0.3, -0.25) is 14.8 Å². The summed E-state index contributed by atoms with van der Waals surface area (Å²) in [5.74, 6) is -3.51. The summed E-state index contributed by atoms with van der Waals surface area (Å²) in [6, 6.07) is 7.52. The summed E-state index contributed by atoms with van der Waals surface area (Å²) in [7, 11) is 0. The first-order chi connectivity index (χ1) is 12.0. The zero-order chi connectivity index (χ0) is 17.8. The Labute approximate surface area is 140 Å². The maximum atomic E-state index is 13.1. The second-order valence-corrected chi connectivity index (χ2v) is 5.01. The number of nitrogens with one attached hydrogen (secondary N) is 1. The van der Waals surface area contributed by atoms with Crippen molar-refractivity contribution in [3.8, 4) is 0 Å². The summed E-state index contributed by atoms with van der Waals surface area (Å²) in [5.41, 5.74) is 1.41. The largest absolute Gasteiger partial charge is 0.452 e. The van der Waals surface area contributed by atoms with Crippen molar-refractivity contribution in [2.45, 2.75) is 0 Å². The molecule has 0 aliphatic rings. The van der Waals surface area contributed by atoms with Crippen LogP contribution in [0.4, 0.5) is 14.5 Å². The average molecular weight is 343 g/mol. The Hall–Kier alpha value is -3.42. The van der Waals surface area contributed by atoms with Gasteiger partial charge in [-0.1, -0.05) is 0 Å². The number of anilines is 1. The Balaban J connectivity index is 1.60. The van der Waals surface area contributed by atoms with Crippen molar-refractivity contribution in [2.75, 3.05) is 11.9 Å². The van der Waals surface area contributed by atoms with Crippen molar-refractivity contribution in [2.24, 2.45) is 0 Å². The maximum Gasteiger partial charge on any atom is 0.338 e. The fourth-order valence-electron chi connectivity index (χ4n) is 2.08. The summed E-state index contributed by atoms with van der Waals surface area (Å²) in [6.07, 6.45) is 3.02. The number of halogens is 2. The first-order valence-corrected chi connectivity index (χ1v) is 7.16. The maximum absolute atomic E-state index is 13.1. The van der Waals surface area contributed by atoms with E-state index in [0.717, 1.165) is 12.1 Å². The number of hydrogen-bond acceptors (Lipinski definition) is 5. The lowest BCUT2D eigenvalue weighted by Gasteiger charge is -2.07. The van der Waals surface area contributed by atoms with Crippen molar-refractivity contribution in [1.29, 1.82) is 0 Å². The van der Waals surface area contributed by atoms with Crippen LogP contribution in [-0.4, -0.2) is 28.5 Å². The Bertz CT molecular complexity index is 963. The van der Waals surface area contributed by atoms with Crippen LogP contribution in [0.1, 0.15) is 10.4 Å². The summed E-state index contributed by atoms with van der Waals surface area (Å²) in [4.78, 5) is 31.9. The minimum Gasteiger partial charge on any atom is -0.452 e. The topological polar surface area (TPSA) is 81.2 Å². The Morgan fingerprint density at radius 1 is 0.960 bits per heavy atom. The normalized spacial score (nSPS) is 10.5. The van der Waals surface area contributed by atoms with Crippen molar-refractivity contribution in [3.05, 3.63) is 66.0 Å². The third kappa shape index (κ3) is 3.92. The minimum absolute atomic E-state index is 0.0564. The number of rotatable bonds is 4. The van der Waals surface area contributed by atoms with Gasteiger partial charge in [0.2, 0.25) is 0 Å². The third-order valence-corrected chi connectivity index (χ3v) is 3.24. The SMILES string of the molecule is O=C(COC(=O)c1ccc2nccnc2c1)Nc1ccc(F)c(F)c1. The van der Waals surface area contributed by atoms with Gasteiger partial charge in [0.15, 0.2) is 18.2 Å². The molecule has 1 N–H and O–H groups in total. The van der Waals surface area contributed by atoms with Gasteiger partial charge in [0.25, 0.3) is 5.91 Å². The predicted molar refractivity (Wildman–Crippen MR) is 84.8 cm³/mol.